The average molecular weight is 481 g/mol. The van der Waals surface area contributed by atoms with Crippen molar-refractivity contribution in [3.63, 3.8) is 0 Å². The Morgan fingerprint density at radius 3 is 2.65 bits per heavy atom. The van der Waals surface area contributed by atoms with E-state index < -0.39 is 18.5 Å². The van der Waals surface area contributed by atoms with Crippen LogP contribution in [0.3, 0.4) is 0 Å². The van der Waals surface area contributed by atoms with E-state index in [0.29, 0.717) is 35.1 Å². The number of ether oxygens (including phenoxy) is 3. The lowest BCUT2D eigenvalue weighted by atomic mass is 9.84. The first-order chi connectivity index (χ1) is 16.3. The van der Waals surface area contributed by atoms with E-state index in [2.05, 4.69) is 11.2 Å². The molecule has 4 rings (SSSR count). The Hall–Kier alpha value is -4.16. The van der Waals surface area contributed by atoms with Crippen molar-refractivity contribution in [1.29, 1.82) is 5.26 Å². The molecule has 0 spiro atoms. The summed E-state index contributed by atoms with van der Waals surface area (Å²) in [5.41, 5.74) is 8.90. The fourth-order valence-electron chi connectivity index (χ4n) is 3.86. The van der Waals surface area contributed by atoms with Crippen molar-refractivity contribution in [2.75, 3.05) is 13.2 Å². The van der Waals surface area contributed by atoms with Gasteiger partial charge in [0.1, 0.15) is 11.6 Å². The van der Waals surface area contributed by atoms with Gasteiger partial charge in [-0.15, -0.1) is 0 Å². The second-order valence-electron chi connectivity index (χ2n) is 7.41. The van der Waals surface area contributed by atoms with Crippen LogP contribution in [0, 0.1) is 18.3 Å². The Bertz CT molecular complexity index is 1330. The standard InChI is InChI=1S/C24H21ClN4O5/c1-3-32-18-9-15(17(25)10-19(18)33-12-20(30)31)22-16(11-26)23(27)34-24-21(22)13(2)28-29(24)14-7-5-4-6-8-14/h4-10,22H,3,12,27H2,1-2H3,(H,30,31)/t22-/m1/s1. The number of para-hydroxylation sites is 1. The lowest BCUT2D eigenvalue weighted by Gasteiger charge is -2.26. The number of aryl methyl sites for hydroxylation is 1. The number of carboxylic acid groups (broad SMARTS) is 1. The Kier molecular flexibility index (Phi) is 6.34. The molecule has 0 saturated carbocycles. The number of aliphatic carboxylic acids is 1. The van der Waals surface area contributed by atoms with Gasteiger partial charge < -0.3 is 25.1 Å². The maximum atomic E-state index is 11.0. The number of benzene rings is 2. The molecular formula is C24H21ClN4O5. The molecule has 0 aliphatic carbocycles. The molecule has 2 aromatic carbocycles. The summed E-state index contributed by atoms with van der Waals surface area (Å²) < 4.78 is 18.5. The lowest BCUT2D eigenvalue weighted by molar-refractivity contribution is -0.139. The van der Waals surface area contributed by atoms with Crippen molar-refractivity contribution in [2.24, 2.45) is 5.73 Å². The van der Waals surface area contributed by atoms with E-state index in [4.69, 9.17) is 36.7 Å². The smallest absolute Gasteiger partial charge is 0.341 e. The van der Waals surface area contributed by atoms with E-state index in [-0.39, 0.29) is 22.2 Å². The first-order valence-electron chi connectivity index (χ1n) is 10.4. The van der Waals surface area contributed by atoms with Crippen molar-refractivity contribution in [1.82, 2.24) is 9.78 Å². The molecule has 3 aromatic rings. The third-order valence-corrected chi connectivity index (χ3v) is 5.59. The van der Waals surface area contributed by atoms with Crippen LogP contribution in [0.5, 0.6) is 17.4 Å². The van der Waals surface area contributed by atoms with Gasteiger partial charge in [-0.05, 0) is 37.6 Å². The summed E-state index contributed by atoms with van der Waals surface area (Å²) in [6.45, 7) is 3.34. The molecule has 0 saturated heterocycles. The summed E-state index contributed by atoms with van der Waals surface area (Å²) in [5, 5.41) is 23.8. The van der Waals surface area contributed by atoms with Crippen LogP contribution in [-0.4, -0.2) is 34.1 Å². The number of nitriles is 1. The third kappa shape index (κ3) is 4.11. The summed E-state index contributed by atoms with van der Waals surface area (Å²) in [6, 6.07) is 14.6. The van der Waals surface area contributed by atoms with E-state index in [0.717, 1.165) is 5.69 Å². The molecule has 34 heavy (non-hydrogen) atoms. The molecule has 10 heteroatoms. The molecule has 0 unspecified atom stereocenters. The topological polar surface area (TPSA) is 133 Å². The monoisotopic (exact) mass is 480 g/mol. The van der Waals surface area contributed by atoms with Gasteiger partial charge in [0.2, 0.25) is 11.8 Å². The van der Waals surface area contributed by atoms with E-state index in [1.165, 1.54) is 6.07 Å². The number of hydrogen-bond donors (Lipinski definition) is 2. The van der Waals surface area contributed by atoms with E-state index >= 15 is 0 Å². The molecule has 1 aliphatic rings. The minimum absolute atomic E-state index is 0.0580. The minimum atomic E-state index is -1.14. The summed E-state index contributed by atoms with van der Waals surface area (Å²) in [6.07, 6.45) is 0. The number of allylic oxidation sites excluding steroid dienone is 1. The molecule has 1 aliphatic heterocycles. The lowest BCUT2D eigenvalue weighted by Crippen LogP contribution is -2.22. The fourth-order valence-corrected chi connectivity index (χ4v) is 4.12. The normalized spacial score (nSPS) is 14.7. The molecule has 1 atom stereocenters. The van der Waals surface area contributed by atoms with E-state index in [9.17, 15) is 10.1 Å². The minimum Gasteiger partial charge on any atom is -0.490 e. The Balaban J connectivity index is 1.91. The number of aromatic nitrogens is 2. The Morgan fingerprint density at radius 1 is 1.29 bits per heavy atom. The number of rotatable bonds is 7. The molecule has 2 heterocycles. The molecule has 9 nitrogen and oxygen atoms in total. The van der Waals surface area contributed by atoms with Crippen LogP contribution in [0.25, 0.3) is 5.69 Å². The third-order valence-electron chi connectivity index (χ3n) is 5.26. The highest BCUT2D eigenvalue weighted by molar-refractivity contribution is 6.31. The van der Waals surface area contributed by atoms with Gasteiger partial charge in [0.15, 0.2) is 18.1 Å². The summed E-state index contributed by atoms with van der Waals surface area (Å²) in [5.74, 6) is -1.03. The van der Waals surface area contributed by atoms with Gasteiger partial charge in [0.25, 0.3) is 0 Å². The molecule has 0 bridgehead atoms. The second kappa shape index (κ2) is 9.37. The SMILES string of the molecule is CCOc1cc([C@@H]2C(C#N)=C(N)Oc3c2c(C)nn3-c2ccccc2)c(Cl)cc1OCC(=O)O. The quantitative estimate of drug-likeness (QED) is 0.520. The highest BCUT2D eigenvalue weighted by Crippen LogP contribution is 2.48. The first kappa shape index (κ1) is 23.0. The van der Waals surface area contributed by atoms with Gasteiger partial charge in [-0.3, -0.25) is 0 Å². The number of carboxylic acids is 1. The van der Waals surface area contributed by atoms with E-state index in [1.807, 2.05) is 37.3 Å². The van der Waals surface area contributed by atoms with Crippen LogP contribution in [0.1, 0.15) is 29.7 Å². The first-order valence-corrected chi connectivity index (χ1v) is 10.8. The summed E-state index contributed by atoms with van der Waals surface area (Å²) in [7, 11) is 0. The molecular weight excluding hydrogens is 460 g/mol. The number of carbonyl (C=O) groups is 1. The molecule has 0 fully saturated rings. The number of hydrogen-bond acceptors (Lipinski definition) is 7. The van der Waals surface area contributed by atoms with Crippen molar-refractivity contribution in [2.45, 2.75) is 19.8 Å². The number of nitrogens with two attached hydrogens (primary N) is 1. The van der Waals surface area contributed by atoms with Gasteiger partial charge in [-0.25, -0.2) is 9.48 Å². The van der Waals surface area contributed by atoms with Crippen LogP contribution >= 0.6 is 11.6 Å². The van der Waals surface area contributed by atoms with Crippen LogP contribution in [0.2, 0.25) is 5.02 Å². The Labute approximate surface area is 200 Å². The van der Waals surface area contributed by atoms with Crippen molar-refractivity contribution in [3.8, 4) is 29.1 Å². The predicted octanol–water partition coefficient (Wildman–Crippen LogP) is 3.91. The summed E-state index contributed by atoms with van der Waals surface area (Å²) in [4.78, 5) is 11.0. The van der Waals surface area contributed by atoms with Crippen LogP contribution in [-0.2, 0) is 4.79 Å². The van der Waals surface area contributed by atoms with Crippen molar-refractivity contribution >= 4 is 17.6 Å². The molecule has 0 radical (unpaired) electrons. The molecule has 0 amide bonds. The largest absolute Gasteiger partial charge is 0.490 e. The Morgan fingerprint density at radius 2 is 2.00 bits per heavy atom. The predicted molar refractivity (Wildman–Crippen MR) is 123 cm³/mol. The summed E-state index contributed by atoms with van der Waals surface area (Å²) >= 11 is 6.64. The zero-order chi connectivity index (χ0) is 24.4. The fraction of sp³-hybridized carbons (Fsp3) is 0.208. The van der Waals surface area contributed by atoms with Gasteiger partial charge in [0.05, 0.1) is 29.5 Å². The van der Waals surface area contributed by atoms with Crippen molar-refractivity contribution in [3.05, 3.63) is 75.8 Å². The van der Waals surface area contributed by atoms with Gasteiger partial charge in [-0.1, -0.05) is 29.8 Å². The van der Waals surface area contributed by atoms with Crippen LogP contribution < -0.4 is 19.9 Å². The molecule has 174 valence electrons. The second-order valence-corrected chi connectivity index (χ2v) is 7.82. The van der Waals surface area contributed by atoms with Crippen LogP contribution in [0.15, 0.2) is 53.9 Å². The highest BCUT2D eigenvalue weighted by Gasteiger charge is 2.37. The maximum Gasteiger partial charge on any atom is 0.341 e. The van der Waals surface area contributed by atoms with Gasteiger partial charge in [-0.2, -0.15) is 10.4 Å². The zero-order valence-corrected chi connectivity index (χ0v) is 19.2. The van der Waals surface area contributed by atoms with Crippen LogP contribution in [0.4, 0.5) is 0 Å². The zero-order valence-electron chi connectivity index (χ0n) is 18.4. The van der Waals surface area contributed by atoms with Crippen molar-refractivity contribution < 1.29 is 24.1 Å². The molecule has 1 aromatic heterocycles. The number of nitrogens with zero attached hydrogens (tertiary/aromatic N) is 3. The highest BCUT2D eigenvalue weighted by atomic mass is 35.5. The van der Waals surface area contributed by atoms with Gasteiger partial charge in [0, 0.05) is 11.1 Å². The number of halogens is 1. The average Bonchev–Trinajstić information content (AvgIpc) is 3.14. The number of fused-ring (bicyclic) bond motifs is 1. The maximum absolute atomic E-state index is 11.0. The molecule has 3 N–H and O–H groups in total. The van der Waals surface area contributed by atoms with Gasteiger partial charge >= 0.3 is 5.97 Å². The van der Waals surface area contributed by atoms with E-state index in [1.54, 1.807) is 17.7 Å².